The van der Waals surface area contributed by atoms with Crippen LogP contribution in [0.15, 0.2) is 66.7 Å². The molecule has 0 aromatic heterocycles. The van der Waals surface area contributed by atoms with Crippen LogP contribution in [0.5, 0.6) is 5.75 Å². The minimum atomic E-state index is -0.663. The standard InChI is InChI=1S/C34H29NO5/c1-6-22-18-39-20(4)23-12-9-15-26(33(23)40-22)30-28-24-13-7-10-21-11-8-14-25(27(21)24)29(28)31(32(30)36)34(37)35(19(2)3)16-17-38-5/h1,7-15,19,22H,4,16-18H2,2-3,5H3. The zero-order chi connectivity index (χ0) is 28.1. The van der Waals surface area contributed by atoms with Crippen LogP contribution >= 0.6 is 0 Å². The predicted molar refractivity (Wildman–Crippen MR) is 156 cm³/mol. The third-order valence-corrected chi connectivity index (χ3v) is 7.72. The van der Waals surface area contributed by atoms with Crippen LogP contribution in [0.3, 0.4) is 0 Å². The Kier molecular flexibility index (Phi) is 6.32. The SMILES string of the molecule is C#CC1COC(=C)c2cccc(C3=C4C(=C(C(=O)N(CCOC)C(C)C)C3=O)c3cccc5cccc4c35)c2O1. The number of Topliss-reactive ketones (excluding diaryl/α,β-unsaturated/α-hetero) is 1. The summed E-state index contributed by atoms with van der Waals surface area (Å²) in [6.07, 6.45) is 5.07. The van der Waals surface area contributed by atoms with E-state index in [0.29, 0.717) is 46.9 Å². The first-order valence-electron chi connectivity index (χ1n) is 13.3. The van der Waals surface area contributed by atoms with Gasteiger partial charge < -0.3 is 19.1 Å². The maximum atomic E-state index is 14.6. The van der Waals surface area contributed by atoms with E-state index in [-0.39, 0.29) is 29.9 Å². The number of methoxy groups -OCH3 is 1. The summed E-state index contributed by atoms with van der Waals surface area (Å²) in [6, 6.07) is 17.4. The Bertz CT molecular complexity index is 1710. The van der Waals surface area contributed by atoms with Crippen molar-refractivity contribution in [3.63, 3.8) is 0 Å². The Balaban J connectivity index is 1.63. The van der Waals surface area contributed by atoms with Gasteiger partial charge in [-0.15, -0.1) is 6.42 Å². The lowest BCUT2D eigenvalue weighted by atomic mass is 9.92. The molecule has 1 amide bonds. The Labute approximate surface area is 233 Å². The van der Waals surface area contributed by atoms with E-state index in [0.717, 1.165) is 27.5 Å². The van der Waals surface area contributed by atoms with Crippen LogP contribution < -0.4 is 4.74 Å². The number of carbonyl (C=O) groups excluding carboxylic acids is 2. The Morgan fingerprint density at radius 2 is 1.70 bits per heavy atom. The number of hydrogen-bond donors (Lipinski definition) is 0. The van der Waals surface area contributed by atoms with Gasteiger partial charge in [-0.3, -0.25) is 9.59 Å². The Morgan fingerprint density at radius 3 is 2.38 bits per heavy atom. The first-order chi connectivity index (χ1) is 19.4. The zero-order valence-corrected chi connectivity index (χ0v) is 22.7. The van der Waals surface area contributed by atoms with E-state index >= 15 is 0 Å². The summed E-state index contributed by atoms with van der Waals surface area (Å²) >= 11 is 0. The van der Waals surface area contributed by atoms with Crippen LogP contribution in [0.4, 0.5) is 0 Å². The maximum absolute atomic E-state index is 14.6. The predicted octanol–water partition coefficient (Wildman–Crippen LogP) is 5.37. The smallest absolute Gasteiger partial charge is 0.258 e. The highest BCUT2D eigenvalue weighted by Gasteiger charge is 2.44. The normalized spacial score (nSPS) is 17.4. The number of hydrogen-bond acceptors (Lipinski definition) is 5. The lowest BCUT2D eigenvalue weighted by Crippen LogP contribution is -2.41. The molecule has 2 aliphatic carbocycles. The molecule has 0 N–H and O–H groups in total. The van der Waals surface area contributed by atoms with E-state index in [2.05, 4.69) is 12.5 Å². The summed E-state index contributed by atoms with van der Waals surface area (Å²) in [6.45, 7) is 8.81. The first-order valence-corrected chi connectivity index (χ1v) is 13.3. The summed E-state index contributed by atoms with van der Waals surface area (Å²) in [5, 5.41) is 2.07. The van der Waals surface area contributed by atoms with Crippen molar-refractivity contribution in [1.82, 2.24) is 4.90 Å². The number of terminal acetylenes is 1. The van der Waals surface area contributed by atoms with Gasteiger partial charge in [0.15, 0.2) is 6.10 Å². The number of benzene rings is 3. The fraction of sp³-hybridized carbons (Fsp3) is 0.235. The summed E-state index contributed by atoms with van der Waals surface area (Å²) in [5.41, 5.74) is 4.94. The molecule has 0 fully saturated rings. The van der Waals surface area contributed by atoms with Crippen LogP contribution in [-0.4, -0.2) is 55.6 Å². The lowest BCUT2D eigenvalue weighted by Gasteiger charge is -2.27. The lowest BCUT2D eigenvalue weighted by molar-refractivity contribution is -0.130. The quantitative estimate of drug-likeness (QED) is 0.316. The average Bonchev–Trinajstić information content (AvgIpc) is 3.36. The van der Waals surface area contributed by atoms with E-state index in [1.807, 2.05) is 68.4 Å². The van der Waals surface area contributed by atoms with Crippen molar-refractivity contribution < 1.29 is 23.8 Å². The van der Waals surface area contributed by atoms with E-state index in [4.69, 9.17) is 20.6 Å². The number of carbonyl (C=O) groups is 2. The number of ether oxygens (including phenoxy) is 3. The van der Waals surface area contributed by atoms with Crippen LogP contribution in [0.25, 0.3) is 33.3 Å². The van der Waals surface area contributed by atoms with Gasteiger partial charge in [0.2, 0.25) is 5.78 Å². The van der Waals surface area contributed by atoms with Crippen molar-refractivity contribution in [2.24, 2.45) is 0 Å². The van der Waals surface area contributed by atoms with E-state index in [1.165, 1.54) is 0 Å². The molecular weight excluding hydrogens is 502 g/mol. The molecule has 0 bridgehead atoms. The van der Waals surface area contributed by atoms with Gasteiger partial charge in [0.1, 0.15) is 18.1 Å². The molecule has 3 aromatic rings. The summed E-state index contributed by atoms with van der Waals surface area (Å²) in [5.74, 6) is 2.80. The van der Waals surface area contributed by atoms with E-state index in [1.54, 1.807) is 12.0 Å². The maximum Gasteiger partial charge on any atom is 0.258 e. The molecule has 0 saturated carbocycles. The molecule has 6 heteroatoms. The Morgan fingerprint density at radius 1 is 1.05 bits per heavy atom. The number of nitrogens with zero attached hydrogens (tertiary/aromatic N) is 1. The fourth-order valence-corrected chi connectivity index (χ4v) is 5.88. The highest BCUT2D eigenvalue weighted by atomic mass is 16.5. The number of allylic oxidation sites excluding steroid dienone is 3. The molecule has 0 radical (unpaired) electrons. The number of fused-ring (bicyclic) bond motifs is 4. The molecule has 6 nitrogen and oxygen atoms in total. The molecular formula is C34H29NO5. The van der Waals surface area contributed by atoms with Crippen molar-refractivity contribution in [2.45, 2.75) is 26.0 Å². The van der Waals surface area contributed by atoms with Crippen molar-refractivity contribution in [3.05, 3.63) is 89.0 Å². The average molecular weight is 532 g/mol. The highest BCUT2D eigenvalue weighted by Crippen LogP contribution is 2.56. The molecule has 3 aliphatic rings. The second kappa shape index (κ2) is 9.86. The second-order valence-corrected chi connectivity index (χ2v) is 10.3. The van der Waals surface area contributed by atoms with Crippen molar-refractivity contribution in [3.8, 4) is 18.1 Å². The first kappa shape index (κ1) is 25.7. The number of amides is 1. The van der Waals surface area contributed by atoms with Gasteiger partial charge in [-0.05, 0) is 41.8 Å². The second-order valence-electron chi connectivity index (χ2n) is 10.3. The minimum Gasteiger partial charge on any atom is -0.488 e. The molecule has 0 saturated heterocycles. The Hall–Kier alpha value is -4.60. The fourth-order valence-electron chi connectivity index (χ4n) is 5.88. The molecule has 0 spiro atoms. The minimum absolute atomic E-state index is 0.135. The van der Waals surface area contributed by atoms with Gasteiger partial charge in [0.05, 0.1) is 17.7 Å². The molecule has 200 valence electrons. The largest absolute Gasteiger partial charge is 0.488 e. The third kappa shape index (κ3) is 3.77. The van der Waals surface area contributed by atoms with Gasteiger partial charge in [0.25, 0.3) is 5.91 Å². The third-order valence-electron chi connectivity index (χ3n) is 7.72. The van der Waals surface area contributed by atoms with Crippen molar-refractivity contribution in [2.75, 3.05) is 26.9 Å². The van der Waals surface area contributed by atoms with Crippen LogP contribution in [0.2, 0.25) is 0 Å². The molecule has 1 atom stereocenters. The molecule has 6 rings (SSSR count). The zero-order valence-electron chi connectivity index (χ0n) is 22.7. The van der Waals surface area contributed by atoms with Gasteiger partial charge in [-0.2, -0.15) is 0 Å². The summed E-state index contributed by atoms with van der Waals surface area (Å²) in [7, 11) is 1.60. The molecule has 3 aromatic carbocycles. The number of para-hydroxylation sites is 1. The van der Waals surface area contributed by atoms with Gasteiger partial charge in [-0.1, -0.05) is 61.0 Å². The van der Waals surface area contributed by atoms with Crippen molar-refractivity contribution >= 4 is 44.9 Å². The molecule has 1 heterocycles. The van der Waals surface area contributed by atoms with Gasteiger partial charge in [0, 0.05) is 42.0 Å². The highest BCUT2D eigenvalue weighted by molar-refractivity contribution is 6.56. The summed E-state index contributed by atoms with van der Waals surface area (Å²) < 4.78 is 17.3. The number of rotatable bonds is 6. The van der Waals surface area contributed by atoms with Gasteiger partial charge in [-0.25, -0.2) is 0 Å². The number of ketones is 1. The van der Waals surface area contributed by atoms with Crippen LogP contribution in [0, 0.1) is 12.3 Å². The van der Waals surface area contributed by atoms with Gasteiger partial charge >= 0.3 is 0 Å². The van der Waals surface area contributed by atoms with Crippen LogP contribution in [0.1, 0.15) is 36.1 Å². The monoisotopic (exact) mass is 531 g/mol. The summed E-state index contributed by atoms with van der Waals surface area (Å²) in [4.78, 5) is 30.5. The van der Waals surface area contributed by atoms with Crippen molar-refractivity contribution in [1.29, 1.82) is 0 Å². The molecule has 1 aliphatic heterocycles. The van der Waals surface area contributed by atoms with E-state index < -0.39 is 6.10 Å². The van der Waals surface area contributed by atoms with Crippen LogP contribution in [-0.2, 0) is 19.1 Å². The molecule has 40 heavy (non-hydrogen) atoms. The molecule has 1 unspecified atom stereocenters. The van der Waals surface area contributed by atoms with E-state index in [9.17, 15) is 9.59 Å². The topological polar surface area (TPSA) is 65.1 Å².